The smallest absolute Gasteiger partial charge is 0.475 e. The van der Waals surface area contributed by atoms with Gasteiger partial charge >= 0.3 is 23.7 Å². The van der Waals surface area contributed by atoms with E-state index in [1.54, 1.807) is 19.2 Å². The van der Waals surface area contributed by atoms with Crippen LogP contribution in [-0.4, -0.2) is 59.0 Å². The van der Waals surface area contributed by atoms with Gasteiger partial charge in [-0.25, -0.2) is 22.9 Å². The number of hydrogen-bond acceptors (Lipinski definition) is 6. The second-order valence-electron chi connectivity index (χ2n) is 7.99. The Morgan fingerprint density at radius 2 is 1.54 bits per heavy atom. The summed E-state index contributed by atoms with van der Waals surface area (Å²) >= 11 is 0. The lowest BCUT2D eigenvalue weighted by Crippen LogP contribution is -2.33. The first-order valence-corrected chi connectivity index (χ1v) is 12.1. The Hall–Kier alpha value is -4.21. The molecule has 1 aromatic heterocycles. The largest absolute Gasteiger partial charge is 0.501 e. The number of carbonyl (C=O) groups is 3. The second kappa shape index (κ2) is 10.5. The van der Waals surface area contributed by atoms with Crippen LogP contribution in [0, 0.1) is 0 Å². The average molecular weight is 577 g/mol. The van der Waals surface area contributed by atoms with Crippen LogP contribution in [0.25, 0.3) is 10.9 Å². The highest BCUT2D eigenvalue weighted by Gasteiger charge is 2.47. The molecule has 3 aromatic rings. The normalized spacial score (nSPS) is 16.3. The van der Waals surface area contributed by atoms with E-state index < -0.39 is 50.4 Å². The van der Waals surface area contributed by atoms with Gasteiger partial charge in [0.05, 0.1) is 16.1 Å². The molecule has 1 aliphatic heterocycles. The van der Waals surface area contributed by atoms with Gasteiger partial charge in [0, 0.05) is 18.1 Å². The van der Waals surface area contributed by atoms with Gasteiger partial charge in [0.15, 0.2) is 0 Å². The number of urea groups is 1. The van der Waals surface area contributed by atoms with E-state index in [9.17, 15) is 44.3 Å². The van der Waals surface area contributed by atoms with Crippen LogP contribution in [0.5, 0.6) is 0 Å². The quantitative estimate of drug-likeness (QED) is 0.357. The molecule has 2 aromatic carbocycles. The maximum atomic E-state index is 13.0. The number of fused-ring (bicyclic) bond motifs is 1. The summed E-state index contributed by atoms with van der Waals surface area (Å²) in [5, 5.41) is 7.95. The molecule has 0 unspecified atom stereocenters. The Kier molecular flexibility index (Phi) is 7.91. The second-order valence-corrected chi connectivity index (χ2v) is 9.93. The van der Waals surface area contributed by atoms with Crippen LogP contribution >= 0.6 is 0 Å². The van der Waals surface area contributed by atoms with Gasteiger partial charge in [-0.05, 0) is 48.9 Å². The van der Waals surface area contributed by atoms with Crippen molar-refractivity contribution < 1.29 is 54.3 Å². The molecule has 3 amide bonds. The number of hydrogen-bond donors (Lipinski definition) is 1. The minimum absolute atomic E-state index is 0.0185. The third-order valence-corrected chi connectivity index (χ3v) is 7.02. The van der Waals surface area contributed by atoms with E-state index in [1.165, 1.54) is 4.90 Å². The fourth-order valence-corrected chi connectivity index (χ4v) is 4.30. The highest BCUT2D eigenvalue weighted by Crippen LogP contribution is 2.33. The number of sulfone groups is 1. The number of imide groups is 1. The summed E-state index contributed by atoms with van der Waals surface area (Å²) in [6.45, 7) is 1.66. The van der Waals surface area contributed by atoms with Crippen molar-refractivity contribution in [2.24, 2.45) is 0 Å². The van der Waals surface area contributed by atoms with Gasteiger partial charge in [-0.1, -0.05) is 18.2 Å². The van der Waals surface area contributed by atoms with E-state index in [-0.39, 0.29) is 12.2 Å². The number of nitrogens with zero attached hydrogens (tertiary/aromatic N) is 3. The Morgan fingerprint density at radius 1 is 0.974 bits per heavy atom. The van der Waals surface area contributed by atoms with Crippen LogP contribution in [0.3, 0.4) is 0 Å². The van der Waals surface area contributed by atoms with Gasteiger partial charge in [-0.3, -0.25) is 9.78 Å². The van der Waals surface area contributed by atoms with Crippen molar-refractivity contribution >= 4 is 44.3 Å². The van der Waals surface area contributed by atoms with Gasteiger partial charge in [-0.15, -0.1) is 0 Å². The summed E-state index contributed by atoms with van der Waals surface area (Å²) in [6, 6.07) is 11.1. The fourth-order valence-electron chi connectivity index (χ4n) is 3.54. The highest BCUT2D eigenvalue weighted by atomic mass is 32.2. The molecule has 9 nitrogen and oxygen atoms in total. The van der Waals surface area contributed by atoms with Crippen molar-refractivity contribution in [1.82, 2.24) is 9.88 Å². The molecular formula is C23H17F6N3O6S. The standard InChI is InChI=1S/C21H16F3N3O4S.C2HF3O2/c1-13-19(28)27(15-6-8-16(9-7-15)32(30,31)21(22,23)24)20(29)26(13)12-14-10-11-25-18-5-3-2-4-17(14)18;3-2(4,5)1(6)7/h2-11,13H,12H2,1H3;(H,6,7)/t13-;/m1./s1. The molecule has 0 saturated carbocycles. The number of amides is 3. The third-order valence-electron chi connectivity index (χ3n) is 5.51. The van der Waals surface area contributed by atoms with E-state index in [1.807, 2.05) is 24.3 Å². The van der Waals surface area contributed by atoms with Gasteiger partial charge in [-0.2, -0.15) is 26.3 Å². The van der Waals surface area contributed by atoms with Crippen molar-refractivity contribution in [3.05, 3.63) is 66.4 Å². The number of alkyl halides is 6. The van der Waals surface area contributed by atoms with Crippen LogP contribution in [0.15, 0.2) is 65.7 Å². The summed E-state index contributed by atoms with van der Waals surface area (Å²) in [6.07, 6.45) is -3.48. The Bertz CT molecular complexity index is 1520. The molecule has 4 rings (SSSR count). The zero-order valence-corrected chi connectivity index (χ0v) is 20.4. The number of benzene rings is 2. The van der Waals surface area contributed by atoms with Crippen LogP contribution in [0.1, 0.15) is 12.5 Å². The predicted octanol–water partition coefficient (Wildman–Crippen LogP) is 4.52. The third kappa shape index (κ3) is 5.94. The number of aromatic nitrogens is 1. The van der Waals surface area contributed by atoms with E-state index in [0.717, 1.165) is 45.6 Å². The topological polar surface area (TPSA) is 125 Å². The van der Waals surface area contributed by atoms with Crippen molar-refractivity contribution in [3.63, 3.8) is 0 Å². The first kappa shape index (κ1) is 29.3. The summed E-state index contributed by atoms with van der Waals surface area (Å²) in [7, 11) is -5.53. The first-order valence-electron chi connectivity index (χ1n) is 10.7. The summed E-state index contributed by atoms with van der Waals surface area (Å²) in [5.74, 6) is -3.33. The van der Waals surface area contributed by atoms with Crippen molar-refractivity contribution in [2.45, 2.75) is 36.1 Å². The molecule has 0 radical (unpaired) electrons. The van der Waals surface area contributed by atoms with E-state index in [2.05, 4.69) is 4.98 Å². The minimum atomic E-state index is -5.53. The number of anilines is 1. The molecular weight excluding hydrogens is 560 g/mol. The molecule has 1 atom stereocenters. The molecule has 2 heterocycles. The number of rotatable bonds is 4. The maximum Gasteiger partial charge on any atom is 0.501 e. The van der Waals surface area contributed by atoms with E-state index in [0.29, 0.717) is 0 Å². The molecule has 1 fully saturated rings. The predicted molar refractivity (Wildman–Crippen MR) is 123 cm³/mol. The molecule has 1 N–H and O–H groups in total. The molecule has 39 heavy (non-hydrogen) atoms. The molecule has 0 aliphatic carbocycles. The lowest BCUT2D eigenvalue weighted by molar-refractivity contribution is -0.192. The Balaban J connectivity index is 0.000000532. The van der Waals surface area contributed by atoms with Crippen molar-refractivity contribution in [3.8, 4) is 0 Å². The number of carbonyl (C=O) groups excluding carboxylic acids is 2. The molecule has 1 saturated heterocycles. The van der Waals surface area contributed by atoms with Crippen molar-refractivity contribution in [2.75, 3.05) is 4.90 Å². The minimum Gasteiger partial charge on any atom is -0.475 e. The number of aliphatic carboxylic acids is 1. The van der Waals surface area contributed by atoms with Gasteiger partial charge in [0.2, 0.25) is 0 Å². The molecule has 16 heteroatoms. The average Bonchev–Trinajstić information content (AvgIpc) is 3.06. The van der Waals surface area contributed by atoms with Crippen molar-refractivity contribution in [1.29, 1.82) is 0 Å². The van der Waals surface area contributed by atoms with Crippen LogP contribution in [-0.2, 0) is 26.0 Å². The SMILES string of the molecule is C[C@@H]1C(=O)N(c2ccc(S(=O)(=O)C(F)(F)F)cc2)C(=O)N1Cc1ccnc2ccccc12.O=C(O)C(F)(F)F. The number of carboxylic acid groups (broad SMARTS) is 1. The number of pyridine rings is 1. The molecule has 0 spiro atoms. The van der Waals surface area contributed by atoms with E-state index in [4.69, 9.17) is 9.90 Å². The Morgan fingerprint density at radius 3 is 2.08 bits per heavy atom. The van der Waals surface area contributed by atoms with E-state index >= 15 is 0 Å². The number of halogens is 6. The zero-order chi connectivity index (χ0) is 29.3. The van der Waals surface area contributed by atoms with Crippen LogP contribution in [0.2, 0.25) is 0 Å². The molecule has 0 bridgehead atoms. The summed E-state index contributed by atoms with van der Waals surface area (Å²) in [5.41, 5.74) is -3.96. The number of carboxylic acids is 1. The van der Waals surface area contributed by atoms with Crippen LogP contribution in [0.4, 0.5) is 36.8 Å². The van der Waals surface area contributed by atoms with Gasteiger partial charge in [0.1, 0.15) is 6.04 Å². The number of para-hydroxylation sites is 1. The first-order chi connectivity index (χ1) is 18.0. The monoisotopic (exact) mass is 577 g/mol. The van der Waals surface area contributed by atoms with Gasteiger partial charge in [0.25, 0.3) is 15.7 Å². The zero-order valence-electron chi connectivity index (χ0n) is 19.6. The summed E-state index contributed by atoms with van der Waals surface area (Å²) in [4.78, 5) is 40.2. The molecule has 208 valence electrons. The molecule has 1 aliphatic rings. The Labute approximate surface area is 216 Å². The highest BCUT2D eigenvalue weighted by molar-refractivity contribution is 7.92. The summed E-state index contributed by atoms with van der Waals surface area (Å²) < 4.78 is 93.1. The fraction of sp³-hybridized carbons (Fsp3) is 0.217. The maximum absolute atomic E-state index is 13.0. The van der Waals surface area contributed by atoms with Gasteiger partial charge < -0.3 is 10.0 Å². The lowest BCUT2D eigenvalue weighted by Gasteiger charge is -2.20. The lowest BCUT2D eigenvalue weighted by atomic mass is 10.1. The van der Waals surface area contributed by atoms with Crippen LogP contribution < -0.4 is 4.90 Å².